The Bertz CT molecular complexity index is 266. The van der Waals surface area contributed by atoms with Gasteiger partial charge in [0.1, 0.15) is 0 Å². The second-order valence-electron chi connectivity index (χ2n) is 5.27. The highest BCUT2D eigenvalue weighted by Crippen LogP contribution is 2.38. The van der Waals surface area contributed by atoms with E-state index < -0.39 is 0 Å². The van der Waals surface area contributed by atoms with Crippen molar-refractivity contribution in [3.8, 4) is 0 Å². The quantitative estimate of drug-likeness (QED) is 0.737. The molecule has 1 saturated carbocycles. The van der Waals surface area contributed by atoms with Crippen LogP contribution in [0.4, 0.5) is 0 Å². The monoisotopic (exact) mass is 243 g/mol. The van der Waals surface area contributed by atoms with Gasteiger partial charge in [0, 0.05) is 6.61 Å². The fraction of sp³-hybridized carbons (Fsp3) is 0.917. The molecule has 1 saturated heterocycles. The van der Waals surface area contributed by atoms with Crippen molar-refractivity contribution in [2.45, 2.75) is 50.5 Å². The molecule has 92 valence electrons. The third-order valence-corrected chi connectivity index (χ3v) is 4.28. The molecule has 1 aliphatic heterocycles. The number of rotatable bonds is 4. The molecule has 1 heterocycles. The highest BCUT2D eigenvalue weighted by molar-refractivity contribution is 7.81. The molecular weight excluding hydrogens is 222 g/mol. The van der Waals surface area contributed by atoms with Crippen LogP contribution >= 0.6 is 12.6 Å². The van der Waals surface area contributed by atoms with E-state index in [0.717, 1.165) is 13.0 Å². The number of hydrogen-bond acceptors (Lipinski definition) is 3. The molecular formula is C12H21NO2S. The first-order chi connectivity index (χ1) is 7.59. The molecule has 3 unspecified atom stereocenters. The fourth-order valence-electron chi connectivity index (χ4n) is 2.23. The first-order valence-corrected chi connectivity index (χ1v) is 6.71. The molecule has 2 rings (SSSR count). The Labute approximate surface area is 103 Å². The Kier molecular flexibility index (Phi) is 3.80. The average Bonchev–Trinajstić information content (AvgIpc) is 2.99. The molecule has 1 N–H and O–H groups in total. The lowest BCUT2D eigenvalue weighted by atomic mass is 10.0. The number of carbonyl (C=O) groups excluding carboxylic acids is 1. The maximum absolute atomic E-state index is 11.9. The van der Waals surface area contributed by atoms with Crippen molar-refractivity contribution < 1.29 is 9.53 Å². The molecule has 3 atom stereocenters. The molecule has 0 aromatic heterocycles. The van der Waals surface area contributed by atoms with Crippen molar-refractivity contribution in [1.29, 1.82) is 0 Å². The van der Waals surface area contributed by atoms with E-state index in [9.17, 15) is 4.79 Å². The van der Waals surface area contributed by atoms with Gasteiger partial charge in [-0.15, -0.1) is 0 Å². The number of ether oxygens (including phenoxy) is 1. The summed E-state index contributed by atoms with van der Waals surface area (Å²) in [5, 5.41) is 2.88. The molecule has 16 heavy (non-hydrogen) atoms. The van der Waals surface area contributed by atoms with Crippen LogP contribution in [0, 0.1) is 11.8 Å². The first-order valence-electron chi connectivity index (χ1n) is 6.19. The second kappa shape index (κ2) is 4.96. The standard InChI is InChI=1S/C12H21NO2S/c1-7(2)11(16)12(14)13-9-5-6-15-10(9)8-3-4-8/h7-11,16H,3-6H2,1-2H3,(H,13,14). The van der Waals surface area contributed by atoms with E-state index in [1.807, 2.05) is 13.8 Å². The maximum Gasteiger partial charge on any atom is 0.233 e. The molecule has 0 bridgehead atoms. The van der Waals surface area contributed by atoms with Gasteiger partial charge in [-0.2, -0.15) is 12.6 Å². The van der Waals surface area contributed by atoms with Crippen LogP contribution < -0.4 is 5.32 Å². The maximum atomic E-state index is 11.9. The van der Waals surface area contributed by atoms with Gasteiger partial charge >= 0.3 is 0 Å². The second-order valence-corrected chi connectivity index (χ2v) is 5.82. The zero-order valence-corrected chi connectivity index (χ0v) is 10.9. The van der Waals surface area contributed by atoms with E-state index in [2.05, 4.69) is 17.9 Å². The number of nitrogens with one attached hydrogen (secondary N) is 1. The Hall–Kier alpha value is -0.220. The van der Waals surface area contributed by atoms with Gasteiger partial charge in [0.25, 0.3) is 0 Å². The number of carbonyl (C=O) groups is 1. The van der Waals surface area contributed by atoms with Gasteiger partial charge in [-0.3, -0.25) is 4.79 Å². The number of amides is 1. The minimum absolute atomic E-state index is 0.0551. The van der Waals surface area contributed by atoms with Crippen molar-refractivity contribution >= 4 is 18.5 Å². The van der Waals surface area contributed by atoms with Crippen molar-refractivity contribution in [1.82, 2.24) is 5.32 Å². The number of thiol groups is 1. The molecule has 3 nitrogen and oxygen atoms in total. The minimum atomic E-state index is -0.208. The van der Waals surface area contributed by atoms with Crippen molar-refractivity contribution in [2.24, 2.45) is 11.8 Å². The van der Waals surface area contributed by atoms with Crippen LogP contribution in [-0.4, -0.2) is 29.9 Å². The number of hydrogen-bond donors (Lipinski definition) is 2. The van der Waals surface area contributed by atoms with Crippen LogP contribution in [0.3, 0.4) is 0 Å². The zero-order chi connectivity index (χ0) is 11.7. The third kappa shape index (κ3) is 2.72. The predicted octanol–water partition coefficient (Wildman–Crippen LogP) is 1.62. The molecule has 4 heteroatoms. The zero-order valence-electron chi connectivity index (χ0n) is 9.98. The topological polar surface area (TPSA) is 38.3 Å². The van der Waals surface area contributed by atoms with Crippen molar-refractivity contribution in [2.75, 3.05) is 6.61 Å². The molecule has 0 aromatic rings. The lowest BCUT2D eigenvalue weighted by molar-refractivity contribution is -0.122. The minimum Gasteiger partial charge on any atom is -0.376 e. The van der Waals surface area contributed by atoms with Crippen LogP contribution in [0.5, 0.6) is 0 Å². The first kappa shape index (κ1) is 12.2. The van der Waals surface area contributed by atoms with Crippen LogP contribution in [0.2, 0.25) is 0 Å². The summed E-state index contributed by atoms with van der Waals surface area (Å²) in [5.74, 6) is 1.01. The summed E-state index contributed by atoms with van der Waals surface area (Å²) in [4.78, 5) is 11.9. The smallest absolute Gasteiger partial charge is 0.233 e. The van der Waals surface area contributed by atoms with Gasteiger partial charge in [-0.05, 0) is 31.1 Å². The van der Waals surface area contributed by atoms with Crippen LogP contribution in [0.1, 0.15) is 33.1 Å². The van der Waals surface area contributed by atoms with Gasteiger partial charge < -0.3 is 10.1 Å². The highest BCUT2D eigenvalue weighted by atomic mass is 32.1. The summed E-state index contributed by atoms with van der Waals surface area (Å²) in [5.41, 5.74) is 0. The lowest BCUT2D eigenvalue weighted by Crippen LogP contribution is -2.45. The van der Waals surface area contributed by atoms with E-state index in [4.69, 9.17) is 4.74 Å². The highest BCUT2D eigenvalue weighted by Gasteiger charge is 2.41. The van der Waals surface area contributed by atoms with E-state index in [1.165, 1.54) is 12.8 Å². The average molecular weight is 243 g/mol. The third-order valence-electron chi connectivity index (χ3n) is 3.45. The molecule has 1 aliphatic carbocycles. The largest absolute Gasteiger partial charge is 0.376 e. The fourth-order valence-corrected chi connectivity index (χ4v) is 2.30. The normalized spacial score (nSPS) is 31.8. The van der Waals surface area contributed by atoms with E-state index in [-0.39, 0.29) is 29.2 Å². The molecule has 2 aliphatic rings. The Balaban J connectivity index is 1.86. The van der Waals surface area contributed by atoms with Crippen molar-refractivity contribution in [3.63, 3.8) is 0 Å². The summed E-state index contributed by atoms with van der Waals surface area (Å²) in [6, 6.07) is 0.216. The molecule has 0 radical (unpaired) electrons. The summed E-state index contributed by atoms with van der Waals surface area (Å²) >= 11 is 4.34. The Morgan fingerprint density at radius 2 is 2.06 bits per heavy atom. The van der Waals surface area contributed by atoms with Crippen molar-refractivity contribution in [3.05, 3.63) is 0 Å². The van der Waals surface area contributed by atoms with Crippen LogP contribution in [0.15, 0.2) is 0 Å². The Morgan fingerprint density at radius 1 is 1.38 bits per heavy atom. The van der Waals surface area contributed by atoms with E-state index in [1.54, 1.807) is 0 Å². The predicted molar refractivity (Wildman–Crippen MR) is 66.6 cm³/mol. The van der Waals surface area contributed by atoms with E-state index in [0.29, 0.717) is 5.92 Å². The summed E-state index contributed by atoms with van der Waals surface area (Å²) in [6.07, 6.45) is 3.72. The summed E-state index contributed by atoms with van der Waals surface area (Å²) in [6.45, 7) is 4.81. The van der Waals surface area contributed by atoms with Crippen LogP contribution in [-0.2, 0) is 9.53 Å². The molecule has 1 amide bonds. The van der Waals surface area contributed by atoms with Gasteiger partial charge in [0.2, 0.25) is 5.91 Å². The van der Waals surface area contributed by atoms with Crippen LogP contribution in [0.25, 0.3) is 0 Å². The Morgan fingerprint density at radius 3 is 2.62 bits per heavy atom. The molecule has 0 aromatic carbocycles. The van der Waals surface area contributed by atoms with Gasteiger partial charge in [0.05, 0.1) is 17.4 Å². The SMILES string of the molecule is CC(C)C(S)C(=O)NC1CCOC1C1CC1. The molecule has 0 spiro atoms. The summed E-state index contributed by atoms with van der Waals surface area (Å²) < 4.78 is 5.69. The van der Waals surface area contributed by atoms with E-state index >= 15 is 0 Å². The van der Waals surface area contributed by atoms with Gasteiger partial charge in [-0.1, -0.05) is 13.8 Å². The van der Waals surface area contributed by atoms with Gasteiger partial charge in [0.15, 0.2) is 0 Å². The molecule has 2 fully saturated rings. The summed E-state index contributed by atoms with van der Waals surface area (Å²) in [7, 11) is 0. The lowest BCUT2D eigenvalue weighted by Gasteiger charge is -2.22. The van der Waals surface area contributed by atoms with Gasteiger partial charge in [-0.25, -0.2) is 0 Å².